The van der Waals surface area contributed by atoms with Gasteiger partial charge >= 0.3 is 5.97 Å². The molecule has 5 heteroatoms. The molecule has 1 N–H and O–H groups in total. The number of hydrogen-bond donors (Lipinski definition) is 1. The van der Waals surface area contributed by atoms with Gasteiger partial charge in [0.25, 0.3) is 5.91 Å². The van der Waals surface area contributed by atoms with Crippen LogP contribution in [0.3, 0.4) is 0 Å². The number of carboxylic acids is 1. The summed E-state index contributed by atoms with van der Waals surface area (Å²) >= 11 is 0. The predicted octanol–water partition coefficient (Wildman–Crippen LogP) is 6.10. The first kappa shape index (κ1) is 24.9. The number of benzene rings is 1. The van der Waals surface area contributed by atoms with Crippen LogP contribution in [0.4, 0.5) is 0 Å². The Bertz CT molecular complexity index is 627. The van der Waals surface area contributed by atoms with Crippen LogP contribution < -0.4 is 0 Å². The Kier molecular flexibility index (Phi) is 13.5. The monoisotopic (exact) mass is 403 g/mol. The first-order valence-electron chi connectivity index (χ1n) is 11.0. The summed E-state index contributed by atoms with van der Waals surface area (Å²) < 4.78 is 0. The number of carboxylic acid groups (broad SMARTS) is 1. The smallest absolute Gasteiger partial charge is 0.303 e. The van der Waals surface area contributed by atoms with Crippen molar-refractivity contribution in [2.45, 2.75) is 78.1 Å². The van der Waals surface area contributed by atoms with Gasteiger partial charge in [0.05, 0.1) is 6.61 Å². The molecule has 0 aliphatic carbocycles. The van der Waals surface area contributed by atoms with E-state index >= 15 is 0 Å². The molecule has 1 aromatic carbocycles. The van der Waals surface area contributed by atoms with Gasteiger partial charge in [-0.1, -0.05) is 76.3 Å². The Balaban J connectivity index is 2.79. The number of carbonyl (C=O) groups excluding carboxylic acids is 1. The number of carbonyl (C=O) groups is 2. The van der Waals surface area contributed by atoms with Crippen molar-refractivity contribution >= 4 is 18.0 Å². The number of hydrogen-bond acceptors (Lipinski definition) is 3. The zero-order valence-corrected chi connectivity index (χ0v) is 18.1. The molecule has 0 atom stereocenters. The van der Waals surface area contributed by atoms with Crippen LogP contribution in [-0.4, -0.2) is 35.2 Å². The lowest BCUT2D eigenvalue weighted by Gasteiger charge is -2.22. The fourth-order valence-corrected chi connectivity index (χ4v) is 3.00. The molecule has 0 bridgehead atoms. The summed E-state index contributed by atoms with van der Waals surface area (Å²) in [6, 6.07) is 7.50. The standard InChI is InChI=1S/C24H37NO4/c1-3-5-7-8-9-10-15-21-16-11-12-17-22(21)24(28)25(19-14-18-23(26)27)29-20-13-6-4-2/h10-12,15-17H,3-9,13-14,18-20H2,1-2H3,(H,26,27). The number of unbranched alkanes of at least 4 members (excludes halogenated alkanes) is 6. The van der Waals surface area contributed by atoms with Gasteiger partial charge in [0, 0.05) is 18.5 Å². The number of amides is 1. The van der Waals surface area contributed by atoms with E-state index in [4.69, 9.17) is 9.94 Å². The van der Waals surface area contributed by atoms with Gasteiger partial charge in [0.15, 0.2) is 0 Å². The van der Waals surface area contributed by atoms with Gasteiger partial charge in [-0.15, -0.1) is 0 Å². The molecule has 0 saturated heterocycles. The highest BCUT2D eigenvalue weighted by Gasteiger charge is 2.19. The van der Waals surface area contributed by atoms with E-state index < -0.39 is 5.97 Å². The van der Waals surface area contributed by atoms with E-state index in [9.17, 15) is 9.59 Å². The fourth-order valence-electron chi connectivity index (χ4n) is 3.00. The Morgan fingerprint density at radius 2 is 1.72 bits per heavy atom. The average molecular weight is 404 g/mol. The quantitative estimate of drug-likeness (QED) is 0.267. The van der Waals surface area contributed by atoms with E-state index in [-0.39, 0.29) is 18.9 Å². The summed E-state index contributed by atoms with van der Waals surface area (Å²) in [5.41, 5.74) is 1.46. The average Bonchev–Trinajstić information content (AvgIpc) is 2.72. The van der Waals surface area contributed by atoms with Crippen molar-refractivity contribution in [3.8, 4) is 0 Å². The first-order chi connectivity index (χ1) is 14.1. The number of aliphatic carboxylic acids is 1. The molecule has 1 amide bonds. The highest BCUT2D eigenvalue weighted by atomic mass is 16.7. The summed E-state index contributed by atoms with van der Waals surface area (Å²) in [4.78, 5) is 29.7. The number of hydroxylamine groups is 2. The van der Waals surface area contributed by atoms with Gasteiger partial charge in [-0.2, -0.15) is 0 Å². The minimum Gasteiger partial charge on any atom is -0.481 e. The molecule has 29 heavy (non-hydrogen) atoms. The summed E-state index contributed by atoms with van der Waals surface area (Å²) in [5.74, 6) is -1.08. The molecule has 0 aliphatic heterocycles. The van der Waals surface area contributed by atoms with Crippen LogP contribution in [0.5, 0.6) is 0 Å². The van der Waals surface area contributed by atoms with Crippen molar-refractivity contribution < 1.29 is 19.5 Å². The van der Waals surface area contributed by atoms with E-state index in [0.29, 0.717) is 18.6 Å². The zero-order valence-electron chi connectivity index (χ0n) is 18.1. The molecule has 0 heterocycles. The molecular weight excluding hydrogens is 366 g/mol. The van der Waals surface area contributed by atoms with Gasteiger partial charge in [0.1, 0.15) is 0 Å². The zero-order chi connectivity index (χ0) is 21.3. The first-order valence-corrected chi connectivity index (χ1v) is 11.0. The summed E-state index contributed by atoms with van der Waals surface area (Å²) in [6.07, 6.45) is 13.3. The maximum absolute atomic E-state index is 13.1. The third-order valence-corrected chi connectivity index (χ3v) is 4.69. The summed E-state index contributed by atoms with van der Waals surface area (Å²) in [5, 5.41) is 10.2. The Morgan fingerprint density at radius 3 is 2.45 bits per heavy atom. The van der Waals surface area contributed by atoms with Gasteiger partial charge < -0.3 is 5.11 Å². The van der Waals surface area contributed by atoms with Crippen LogP contribution in [0.25, 0.3) is 6.08 Å². The molecule has 0 fully saturated rings. The summed E-state index contributed by atoms with van der Waals surface area (Å²) in [6.45, 7) is 5.04. The van der Waals surface area contributed by atoms with Crippen LogP contribution in [0.2, 0.25) is 0 Å². The molecular formula is C24H37NO4. The van der Waals surface area contributed by atoms with E-state index in [0.717, 1.165) is 37.7 Å². The molecule has 0 saturated carbocycles. The number of nitrogens with zero attached hydrogens (tertiary/aromatic N) is 1. The highest BCUT2D eigenvalue weighted by molar-refractivity contribution is 5.97. The topological polar surface area (TPSA) is 66.8 Å². The van der Waals surface area contributed by atoms with Crippen molar-refractivity contribution in [3.05, 3.63) is 41.5 Å². The fraction of sp³-hybridized carbons (Fsp3) is 0.583. The molecule has 0 aliphatic rings. The van der Waals surface area contributed by atoms with Gasteiger partial charge in [-0.05, 0) is 37.3 Å². The van der Waals surface area contributed by atoms with E-state index in [2.05, 4.69) is 19.9 Å². The molecule has 0 aromatic heterocycles. The molecule has 0 spiro atoms. The van der Waals surface area contributed by atoms with Crippen LogP contribution in [0.15, 0.2) is 30.3 Å². The molecule has 0 unspecified atom stereocenters. The molecule has 162 valence electrons. The van der Waals surface area contributed by atoms with Crippen LogP contribution in [0.1, 0.15) is 94.0 Å². The highest BCUT2D eigenvalue weighted by Crippen LogP contribution is 2.16. The number of allylic oxidation sites excluding steroid dienone is 1. The van der Waals surface area contributed by atoms with Gasteiger partial charge in [0.2, 0.25) is 0 Å². The van der Waals surface area contributed by atoms with Gasteiger partial charge in [-0.3, -0.25) is 14.4 Å². The second-order valence-electron chi connectivity index (χ2n) is 7.28. The number of rotatable bonds is 16. The summed E-state index contributed by atoms with van der Waals surface area (Å²) in [7, 11) is 0. The van der Waals surface area contributed by atoms with Crippen LogP contribution in [0, 0.1) is 0 Å². The van der Waals surface area contributed by atoms with E-state index in [1.54, 1.807) is 6.07 Å². The maximum atomic E-state index is 13.1. The van der Waals surface area contributed by atoms with Crippen molar-refractivity contribution in [3.63, 3.8) is 0 Å². The Labute approximate surface area is 175 Å². The maximum Gasteiger partial charge on any atom is 0.303 e. The third kappa shape index (κ3) is 10.8. The predicted molar refractivity (Wildman–Crippen MR) is 118 cm³/mol. The second-order valence-corrected chi connectivity index (χ2v) is 7.28. The molecule has 1 aromatic rings. The van der Waals surface area contributed by atoms with Gasteiger partial charge in [-0.25, -0.2) is 5.06 Å². The minimum atomic E-state index is -0.866. The van der Waals surface area contributed by atoms with Crippen molar-refractivity contribution in [2.24, 2.45) is 0 Å². The molecule has 5 nitrogen and oxygen atoms in total. The third-order valence-electron chi connectivity index (χ3n) is 4.69. The lowest BCUT2D eigenvalue weighted by molar-refractivity contribution is -0.140. The van der Waals surface area contributed by atoms with Crippen molar-refractivity contribution in [1.82, 2.24) is 5.06 Å². The molecule has 0 radical (unpaired) electrons. The largest absolute Gasteiger partial charge is 0.481 e. The second kappa shape index (κ2) is 15.7. The van der Waals surface area contributed by atoms with Crippen molar-refractivity contribution in [1.29, 1.82) is 0 Å². The van der Waals surface area contributed by atoms with Crippen LogP contribution >= 0.6 is 0 Å². The van der Waals surface area contributed by atoms with Crippen LogP contribution in [-0.2, 0) is 9.63 Å². The van der Waals surface area contributed by atoms with E-state index in [1.807, 2.05) is 24.3 Å². The Hall–Kier alpha value is -2.14. The van der Waals surface area contributed by atoms with E-state index in [1.165, 1.54) is 24.3 Å². The normalized spacial score (nSPS) is 11.1. The molecule has 1 rings (SSSR count). The SMILES string of the molecule is CCCCCCC=Cc1ccccc1C(=O)N(CCCC(=O)O)OCCCCC. The minimum absolute atomic E-state index is 0.0153. The van der Waals surface area contributed by atoms with Crippen molar-refractivity contribution in [2.75, 3.05) is 13.2 Å². The lowest BCUT2D eigenvalue weighted by Crippen LogP contribution is -2.33. The Morgan fingerprint density at radius 1 is 1.00 bits per heavy atom. The lowest BCUT2D eigenvalue weighted by atomic mass is 10.0.